The fourth-order valence-electron chi connectivity index (χ4n) is 2.59. The molecule has 122 valence electrons. The van der Waals surface area contributed by atoms with Gasteiger partial charge in [0.15, 0.2) is 5.65 Å². The number of nitrogens with zero attached hydrogens (tertiary/aromatic N) is 5. The Bertz CT molecular complexity index is 943. The highest BCUT2D eigenvalue weighted by Crippen LogP contribution is 2.21. The molecule has 3 heterocycles. The number of pyridine rings is 2. The van der Waals surface area contributed by atoms with Crippen LogP contribution in [0.3, 0.4) is 0 Å². The lowest BCUT2D eigenvalue weighted by atomic mass is 10.1. The van der Waals surface area contributed by atoms with Crippen LogP contribution in [0.1, 0.15) is 34.2 Å². The number of carbonyl (C=O) groups excluding carboxylic acids is 1. The van der Waals surface area contributed by atoms with Crippen LogP contribution in [0.4, 0.5) is 0 Å². The van der Waals surface area contributed by atoms with E-state index < -0.39 is 0 Å². The molecular weight excluding hydrogens is 304 g/mol. The van der Waals surface area contributed by atoms with Crippen LogP contribution in [-0.2, 0) is 7.05 Å². The number of hydrazone groups is 1. The SMILES string of the molecule is C/C(=N\NC(=O)c1cc(C)nc2c1c(C)nn2C)c1cccnc1. The number of nitrogens with one attached hydrogen (secondary N) is 1. The van der Waals surface area contributed by atoms with Crippen LogP contribution in [0.25, 0.3) is 11.0 Å². The maximum atomic E-state index is 12.6. The molecule has 0 aliphatic carbocycles. The molecule has 0 unspecified atom stereocenters. The third-order valence-electron chi connectivity index (χ3n) is 3.75. The number of rotatable bonds is 3. The minimum Gasteiger partial charge on any atom is -0.267 e. The van der Waals surface area contributed by atoms with Crippen LogP contribution in [-0.4, -0.2) is 31.4 Å². The van der Waals surface area contributed by atoms with E-state index >= 15 is 0 Å². The van der Waals surface area contributed by atoms with Gasteiger partial charge in [0.2, 0.25) is 0 Å². The first-order chi connectivity index (χ1) is 11.5. The minimum atomic E-state index is -0.287. The molecule has 0 bridgehead atoms. The lowest BCUT2D eigenvalue weighted by molar-refractivity contribution is 0.0956. The van der Waals surface area contributed by atoms with Crippen molar-refractivity contribution < 1.29 is 4.79 Å². The van der Waals surface area contributed by atoms with Gasteiger partial charge in [0.05, 0.1) is 22.4 Å². The van der Waals surface area contributed by atoms with Crippen LogP contribution in [0, 0.1) is 13.8 Å². The zero-order valence-electron chi connectivity index (χ0n) is 14.0. The molecule has 0 aliphatic heterocycles. The van der Waals surface area contributed by atoms with Crippen LogP contribution < -0.4 is 5.43 Å². The van der Waals surface area contributed by atoms with E-state index in [0.717, 1.165) is 22.3 Å². The summed E-state index contributed by atoms with van der Waals surface area (Å²) in [5.41, 5.74) is 6.87. The lowest BCUT2D eigenvalue weighted by Crippen LogP contribution is -2.20. The fraction of sp³-hybridized carbons (Fsp3) is 0.235. The first-order valence-corrected chi connectivity index (χ1v) is 7.53. The van der Waals surface area contributed by atoms with Gasteiger partial charge < -0.3 is 0 Å². The number of aromatic nitrogens is 4. The minimum absolute atomic E-state index is 0.287. The summed E-state index contributed by atoms with van der Waals surface area (Å²) >= 11 is 0. The third-order valence-corrected chi connectivity index (χ3v) is 3.75. The summed E-state index contributed by atoms with van der Waals surface area (Å²) in [5.74, 6) is -0.287. The van der Waals surface area contributed by atoms with Crippen molar-refractivity contribution in [2.24, 2.45) is 12.1 Å². The largest absolute Gasteiger partial charge is 0.272 e. The van der Waals surface area contributed by atoms with Gasteiger partial charge in [-0.05, 0) is 32.9 Å². The van der Waals surface area contributed by atoms with E-state index in [4.69, 9.17) is 0 Å². The van der Waals surface area contributed by atoms with Gasteiger partial charge in [-0.1, -0.05) is 6.07 Å². The highest BCUT2D eigenvalue weighted by Gasteiger charge is 2.17. The number of fused-ring (bicyclic) bond motifs is 1. The number of amides is 1. The molecule has 0 atom stereocenters. The van der Waals surface area contributed by atoms with Crippen LogP contribution in [0.15, 0.2) is 35.7 Å². The molecular formula is C17H18N6O. The Labute approximate surface area is 139 Å². The van der Waals surface area contributed by atoms with Gasteiger partial charge in [-0.15, -0.1) is 0 Å². The van der Waals surface area contributed by atoms with Crippen LogP contribution in [0.5, 0.6) is 0 Å². The zero-order valence-corrected chi connectivity index (χ0v) is 14.0. The normalized spacial score (nSPS) is 11.8. The number of hydrogen-bond acceptors (Lipinski definition) is 5. The van der Waals surface area contributed by atoms with Gasteiger partial charge in [0.1, 0.15) is 0 Å². The summed E-state index contributed by atoms with van der Waals surface area (Å²) in [5, 5.41) is 9.27. The molecule has 0 fully saturated rings. The first-order valence-electron chi connectivity index (χ1n) is 7.53. The third kappa shape index (κ3) is 2.88. The van der Waals surface area contributed by atoms with Gasteiger partial charge in [-0.25, -0.2) is 10.4 Å². The summed E-state index contributed by atoms with van der Waals surface area (Å²) in [6, 6.07) is 5.46. The lowest BCUT2D eigenvalue weighted by Gasteiger charge is -2.06. The second-order valence-corrected chi connectivity index (χ2v) is 5.60. The van der Waals surface area contributed by atoms with Gasteiger partial charge >= 0.3 is 0 Å². The summed E-state index contributed by atoms with van der Waals surface area (Å²) in [7, 11) is 1.81. The fourth-order valence-corrected chi connectivity index (χ4v) is 2.59. The molecule has 0 saturated carbocycles. The molecule has 1 amide bonds. The van der Waals surface area contributed by atoms with Crippen molar-refractivity contribution in [3.8, 4) is 0 Å². The molecule has 7 nitrogen and oxygen atoms in total. The standard InChI is InChI=1S/C17H18N6O/c1-10-8-14(15-12(3)22-23(4)16(15)19-10)17(24)21-20-11(2)13-6-5-7-18-9-13/h5-9H,1-4H3,(H,21,24)/b20-11+. The molecule has 3 rings (SSSR count). The summed E-state index contributed by atoms with van der Waals surface area (Å²) in [6.45, 7) is 5.53. The Balaban J connectivity index is 1.95. The monoisotopic (exact) mass is 322 g/mol. The topological polar surface area (TPSA) is 85.1 Å². The predicted molar refractivity (Wildman–Crippen MR) is 91.9 cm³/mol. The average Bonchev–Trinajstić information content (AvgIpc) is 2.86. The van der Waals surface area contributed by atoms with Crippen molar-refractivity contribution in [2.75, 3.05) is 0 Å². The summed E-state index contributed by atoms with van der Waals surface area (Å²) in [6.07, 6.45) is 3.39. The van der Waals surface area contributed by atoms with E-state index in [-0.39, 0.29) is 5.91 Å². The molecule has 0 saturated heterocycles. The Morgan fingerprint density at radius 1 is 1.33 bits per heavy atom. The maximum absolute atomic E-state index is 12.6. The van der Waals surface area contributed by atoms with Crippen molar-refractivity contribution in [1.82, 2.24) is 25.2 Å². The number of hydrogen-bond donors (Lipinski definition) is 1. The second-order valence-electron chi connectivity index (χ2n) is 5.60. The average molecular weight is 322 g/mol. The highest BCUT2D eigenvalue weighted by molar-refractivity contribution is 6.07. The predicted octanol–water partition coefficient (Wildman–Crippen LogP) is 2.13. The highest BCUT2D eigenvalue weighted by atomic mass is 16.2. The Kier molecular flexibility index (Phi) is 4.07. The molecule has 1 N–H and O–H groups in total. The van der Waals surface area contributed by atoms with Crippen molar-refractivity contribution >= 4 is 22.7 Å². The molecule has 24 heavy (non-hydrogen) atoms. The van der Waals surface area contributed by atoms with Gasteiger partial charge in [0, 0.05) is 30.7 Å². The number of aryl methyl sites for hydroxylation is 3. The Morgan fingerprint density at radius 3 is 2.83 bits per heavy atom. The maximum Gasteiger partial charge on any atom is 0.272 e. The molecule has 3 aromatic rings. The molecule has 0 aliphatic rings. The Hall–Kier alpha value is -3.09. The molecule has 7 heteroatoms. The smallest absolute Gasteiger partial charge is 0.267 e. The van der Waals surface area contributed by atoms with E-state index in [2.05, 4.69) is 25.6 Å². The summed E-state index contributed by atoms with van der Waals surface area (Å²) < 4.78 is 1.68. The van der Waals surface area contributed by atoms with Gasteiger partial charge in [0.25, 0.3) is 5.91 Å². The molecule has 0 spiro atoms. The van der Waals surface area contributed by atoms with E-state index in [0.29, 0.717) is 16.9 Å². The van der Waals surface area contributed by atoms with Crippen molar-refractivity contribution in [3.63, 3.8) is 0 Å². The van der Waals surface area contributed by atoms with Crippen molar-refractivity contribution in [3.05, 3.63) is 53.1 Å². The van der Waals surface area contributed by atoms with E-state index in [9.17, 15) is 4.79 Å². The van der Waals surface area contributed by atoms with E-state index in [1.54, 1.807) is 23.1 Å². The van der Waals surface area contributed by atoms with Gasteiger partial charge in [-0.2, -0.15) is 10.2 Å². The molecule has 0 aromatic carbocycles. The molecule has 0 radical (unpaired) electrons. The molecule has 3 aromatic heterocycles. The summed E-state index contributed by atoms with van der Waals surface area (Å²) in [4.78, 5) is 21.1. The second kappa shape index (κ2) is 6.19. The van der Waals surface area contributed by atoms with E-state index in [1.165, 1.54) is 0 Å². The Morgan fingerprint density at radius 2 is 2.12 bits per heavy atom. The van der Waals surface area contributed by atoms with Crippen molar-refractivity contribution in [1.29, 1.82) is 0 Å². The quantitative estimate of drug-likeness (QED) is 0.591. The first kappa shape index (κ1) is 15.8. The van der Waals surface area contributed by atoms with Crippen LogP contribution in [0.2, 0.25) is 0 Å². The van der Waals surface area contributed by atoms with Crippen molar-refractivity contribution in [2.45, 2.75) is 20.8 Å². The zero-order chi connectivity index (χ0) is 17.3. The van der Waals surface area contributed by atoms with E-state index in [1.807, 2.05) is 40.0 Å². The number of carbonyl (C=O) groups is 1. The van der Waals surface area contributed by atoms with Gasteiger partial charge in [-0.3, -0.25) is 14.5 Å². The van der Waals surface area contributed by atoms with Crippen LogP contribution >= 0.6 is 0 Å².